The van der Waals surface area contributed by atoms with Crippen LogP contribution in [0, 0.1) is 6.92 Å². The van der Waals surface area contributed by atoms with Gasteiger partial charge in [-0.3, -0.25) is 9.78 Å². The fourth-order valence-corrected chi connectivity index (χ4v) is 3.72. The Morgan fingerprint density at radius 1 is 1.36 bits per heavy atom. The molecule has 0 spiro atoms. The molecule has 1 aliphatic carbocycles. The van der Waals surface area contributed by atoms with E-state index in [9.17, 15) is 4.79 Å². The third-order valence-corrected chi connectivity index (χ3v) is 4.93. The van der Waals surface area contributed by atoms with Crippen LogP contribution in [0.5, 0.6) is 0 Å². The summed E-state index contributed by atoms with van der Waals surface area (Å²) < 4.78 is 17.5. The summed E-state index contributed by atoms with van der Waals surface area (Å²) in [6.45, 7) is 3.47. The van der Waals surface area contributed by atoms with E-state index < -0.39 is 0 Å². The highest BCUT2D eigenvalue weighted by Crippen LogP contribution is 2.33. The standard InChI is InChI=1S/C19H22N2O4/c1-13-4-6-17(25-13)19(22)21-9-10-23-18-15(21)5-7-16(18)24-12-14-3-2-8-20-11-14/h2-4,6,8,11,15-16,18H,5,7,9-10,12H2,1H3/t15-,16-,18-/m1/s1. The van der Waals surface area contributed by atoms with Crippen LogP contribution in [0.15, 0.2) is 41.1 Å². The van der Waals surface area contributed by atoms with Crippen molar-refractivity contribution in [2.45, 2.75) is 44.6 Å². The topological polar surface area (TPSA) is 64.8 Å². The average molecular weight is 342 g/mol. The monoisotopic (exact) mass is 342 g/mol. The number of rotatable bonds is 4. The minimum atomic E-state index is -0.0783. The highest BCUT2D eigenvalue weighted by molar-refractivity contribution is 5.92. The average Bonchev–Trinajstić information content (AvgIpc) is 3.26. The smallest absolute Gasteiger partial charge is 0.289 e. The highest BCUT2D eigenvalue weighted by atomic mass is 16.5. The van der Waals surface area contributed by atoms with Crippen molar-refractivity contribution in [3.05, 3.63) is 53.7 Å². The van der Waals surface area contributed by atoms with Crippen molar-refractivity contribution in [3.8, 4) is 0 Å². The van der Waals surface area contributed by atoms with E-state index in [0.29, 0.717) is 25.5 Å². The van der Waals surface area contributed by atoms with Crippen molar-refractivity contribution < 1.29 is 18.7 Å². The maximum Gasteiger partial charge on any atom is 0.289 e. The van der Waals surface area contributed by atoms with Crippen LogP contribution >= 0.6 is 0 Å². The molecule has 2 aromatic rings. The molecule has 2 aliphatic rings. The van der Waals surface area contributed by atoms with Gasteiger partial charge in [0.25, 0.3) is 5.91 Å². The molecule has 132 valence electrons. The van der Waals surface area contributed by atoms with E-state index in [1.165, 1.54) is 0 Å². The summed E-state index contributed by atoms with van der Waals surface area (Å²) in [5.41, 5.74) is 1.04. The lowest BCUT2D eigenvalue weighted by molar-refractivity contribution is -0.108. The first-order chi connectivity index (χ1) is 12.2. The predicted molar refractivity (Wildman–Crippen MR) is 90.1 cm³/mol. The summed E-state index contributed by atoms with van der Waals surface area (Å²) in [6.07, 6.45) is 5.25. The number of carbonyl (C=O) groups is 1. The van der Waals surface area contributed by atoms with E-state index in [0.717, 1.165) is 24.2 Å². The van der Waals surface area contributed by atoms with Crippen molar-refractivity contribution in [3.63, 3.8) is 0 Å². The van der Waals surface area contributed by atoms with Gasteiger partial charge in [-0.1, -0.05) is 6.07 Å². The van der Waals surface area contributed by atoms with Crippen molar-refractivity contribution in [1.82, 2.24) is 9.88 Å². The second-order valence-corrected chi connectivity index (χ2v) is 6.60. The molecule has 0 aromatic carbocycles. The van der Waals surface area contributed by atoms with E-state index >= 15 is 0 Å². The molecule has 6 heteroatoms. The molecule has 0 N–H and O–H groups in total. The quantitative estimate of drug-likeness (QED) is 0.854. The van der Waals surface area contributed by atoms with Crippen LogP contribution < -0.4 is 0 Å². The van der Waals surface area contributed by atoms with Crippen molar-refractivity contribution in [1.29, 1.82) is 0 Å². The number of morpholine rings is 1. The molecule has 25 heavy (non-hydrogen) atoms. The zero-order chi connectivity index (χ0) is 17.2. The largest absolute Gasteiger partial charge is 0.456 e. The number of furan rings is 1. The predicted octanol–water partition coefficient (Wildman–Crippen LogP) is 2.57. The number of ether oxygens (including phenoxy) is 2. The number of aryl methyl sites for hydroxylation is 1. The van der Waals surface area contributed by atoms with Crippen molar-refractivity contribution in [2.24, 2.45) is 0 Å². The summed E-state index contributed by atoms with van der Waals surface area (Å²) in [4.78, 5) is 18.8. The first-order valence-corrected chi connectivity index (χ1v) is 8.72. The van der Waals surface area contributed by atoms with Crippen LogP contribution in [0.25, 0.3) is 0 Å². The molecule has 0 radical (unpaired) electrons. The number of pyridine rings is 1. The van der Waals surface area contributed by atoms with Gasteiger partial charge in [0.05, 0.1) is 25.4 Å². The van der Waals surface area contributed by atoms with Gasteiger partial charge in [-0.15, -0.1) is 0 Å². The Hall–Kier alpha value is -2.18. The van der Waals surface area contributed by atoms with Crippen LogP contribution in [-0.4, -0.2) is 47.2 Å². The number of hydrogen-bond donors (Lipinski definition) is 0. The fraction of sp³-hybridized carbons (Fsp3) is 0.474. The molecule has 1 saturated heterocycles. The Balaban J connectivity index is 1.42. The van der Waals surface area contributed by atoms with Gasteiger partial charge in [0.15, 0.2) is 5.76 Å². The minimum Gasteiger partial charge on any atom is -0.456 e. The lowest BCUT2D eigenvalue weighted by Crippen LogP contribution is -2.53. The second-order valence-electron chi connectivity index (χ2n) is 6.60. The molecule has 3 heterocycles. The zero-order valence-corrected chi connectivity index (χ0v) is 14.3. The van der Waals surface area contributed by atoms with E-state index in [4.69, 9.17) is 13.9 Å². The second kappa shape index (κ2) is 6.98. The molecule has 1 aliphatic heterocycles. The third kappa shape index (κ3) is 3.32. The lowest BCUT2D eigenvalue weighted by Gasteiger charge is -2.38. The number of amides is 1. The molecule has 6 nitrogen and oxygen atoms in total. The van der Waals surface area contributed by atoms with Gasteiger partial charge < -0.3 is 18.8 Å². The van der Waals surface area contributed by atoms with E-state index in [-0.39, 0.29) is 24.2 Å². The van der Waals surface area contributed by atoms with E-state index in [1.807, 2.05) is 36.2 Å². The molecule has 1 amide bonds. The first-order valence-electron chi connectivity index (χ1n) is 8.72. The maximum absolute atomic E-state index is 12.8. The number of hydrogen-bond acceptors (Lipinski definition) is 5. The van der Waals surface area contributed by atoms with Gasteiger partial charge in [-0.05, 0) is 43.5 Å². The van der Waals surface area contributed by atoms with Crippen LogP contribution in [0.4, 0.5) is 0 Å². The van der Waals surface area contributed by atoms with Crippen molar-refractivity contribution in [2.75, 3.05) is 13.2 Å². The Bertz CT molecular complexity index is 730. The summed E-state index contributed by atoms with van der Waals surface area (Å²) in [5.74, 6) is 1.09. The molecule has 1 saturated carbocycles. The molecule has 2 fully saturated rings. The molecular formula is C19H22N2O4. The van der Waals surface area contributed by atoms with Crippen LogP contribution in [0.2, 0.25) is 0 Å². The zero-order valence-electron chi connectivity index (χ0n) is 14.3. The Morgan fingerprint density at radius 2 is 2.28 bits per heavy atom. The summed E-state index contributed by atoms with van der Waals surface area (Å²) in [6, 6.07) is 7.51. The van der Waals surface area contributed by atoms with Crippen LogP contribution in [0.3, 0.4) is 0 Å². The SMILES string of the molecule is Cc1ccc(C(=O)N2CCO[C@@H]3[C@H]2CC[C@H]3OCc2cccnc2)o1. The molecule has 0 unspecified atom stereocenters. The van der Waals surface area contributed by atoms with Crippen molar-refractivity contribution >= 4 is 5.91 Å². The van der Waals surface area contributed by atoms with E-state index in [2.05, 4.69) is 4.98 Å². The molecule has 2 aromatic heterocycles. The number of nitrogens with zero attached hydrogens (tertiary/aromatic N) is 2. The fourth-order valence-electron chi connectivity index (χ4n) is 3.72. The number of fused-ring (bicyclic) bond motifs is 1. The molecular weight excluding hydrogens is 320 g/mol. The molecule has 3 atom stereocenters. The Morgan fingerprint density at radius 3 is 3.04 bits per heavy atom. The Labute approximate surface area is 146 Å². The van der Waals surface area contributed by atoms with Crippen LogP contribution in [-0.2, 0) is 16.1 Å². The third-order valence-electron chi connectivity index (χ3n) is 4.93. The van der Waals surface area contributed by atoms with Gasteiger partial charge in [-0.2, -0.15) is 0 Å². The summed E-state index contributed by atoms with van der Waals surface area (Å²) >= 11 is 0. The molecule has 0 bridgehead atoms. The highest BCUT2D eigenvalue weighted by Gasteiger charge is 2.45. The minimum absolute atomic E-state index is 0.000793. The first kappa shape index (κ1) is 16.3. The van der Waals surface area contributed by atoms with Gasteiger partial charge in [0, 0.05) is 18.9 Å². The summed E-state index contributed by atoms with van der Waals surface area (Å²) in [7, 11) is 0. The number of carbonyl (C=O) groups excluding carboxylic acids is 1. The summed E-state index contributed by atoms with van der Waals surface area (Å²) in [5, 5.41) is 0. The molecule has 4 rings (SSSR count). The maximum atomic E-state index is 12.8. The van der Waals surface area contributed by atoms with Gasteiger partial charge >= 0.3 is 0 Å². The number of aromatic nitrogens is 1. The van der Waals surface area contributed by atoms with Gasteiger partial charge in [0.1, 0.15) is 11.9 Å². The van der Waals surface area contributed by atoms with E-state index in [1.54, 1.807) is 12.3 Å². The van der Waals surface area contributed by atoms with Gasteiger partial charge in [0.2, 0.25) is 0 Å². The Kier molecular flexibility index (Phi) is 4.55. The normalized spacial score (nSPS) is 25.8. The van der Waals surface area contributed by atoms with Crippen LogP contribution in [0.1, 0.15) is 34.7 Å². The lowest BCUT2D eigenvalue weighted by atomic mass is 10.1. The van der Waals surface area contributed by atoms with Gasteiger partial charge in [-0.25, -0.2) is 0 Å².